The number of aromatic nitrogens is 4. The number of nitrogens with zero attached hydrogens (tertiary/aromatic N) is 4. The Morgan fingerprint density at radius 3 is 2.60 bits per heavy atom. The molecule has 2 aromatic heterocycles. The molecular formula is C18H15N5O2. The molecule has 0 aliphatic carbocycles. The summed E-state index contributed by atoms with van der Waals surface area (Å²) in [5.74, 6) is 1.02. The minimum atomic E-state index is -0.370. The first-order chi connectivity index (χ1) is 12.2. The van der Waals surface area contributed by atoms with Crippen molar-refractivity contribution in [2.24, 2.45) is 0 Å². The molecule has 0 aliphatic rings. The summed E-state index contributed by atoms with van der Waals surface area (Å²) >= 11 is 0. The van der Waals surface area contributed by atoms with Crippen molar-refractivity contribution in [1.82, 2.24) is 19.6 Å². The van der Waals surface area contributed by atoms with Crippen LogP contribution in [0.3, 0.4) is 0 Å². The van der Waals surface area contributed by atoms with Crippen LogP contribution >= 0.6 is 0 Å². The molecule has 4 rings (SSSR count). The third-order valence-electron chi connectivity index (χ3n) is 3.96. The highest BCUT2D eigenvalue weighted by molar-refractivity contribution is 5.90. The minimum absolute atomic E-state index is 0.370. The Morgan fingerprint density at radius 2 is 1.84 bits per heavy atom. The van der Waals surface area contributed by atoms with Gasteiger partial charge in [-0.2, -0.15) is 0 Å². The van der Waals surface area contributed by atoms with E-state index in [0.717, 1.165) is 22.5 Å². The minimum Gasteiger partial charge on any atom is -0.465 e. The number of aryl methyl sites for hydroxylation is 1. The van der Waals surface area contributed by atoms with Gasteiger partial charge >= 0.3 is 5.97 Å². The number of hydrogen-bond donors (Lipinski definition) is 1. The van der Waals surface area contributed by atoms with Gasteiger partial charge in [0.2, 0.25) is 5.65 Å². The summed E-state index contributed by atoms with van der Waals surface area (Å²) in [4.78, 5) is 16.2. The number of ether oxygens (including phenoxy) is 1. The lowest BCUT2D eigenvalue weighted by atomic mass is 10.2. The van der Waals surface area contributed by atoms with Gasteiger partial charge < -0.3 is 10.1 Å². The standard InChI is InChI=1S/C18H15N5O2/c1-11-21-22-17-16(20-14-5-3-4-6-15(14)23(11)17)19-13-9-7-12(8-10-13)18(24)25-2/h3-10H,1-2H3,(H,19,20). The van der Waals surface area contributed by atoms with Gasteiger partial charge in [-0.15, -0.1) is 10.2 Å². The molecule has 0 fully saturated rings. The summed E-state index contributed by atoms with van der Waals surface area (Å²) in [6.45, 7) is 1.90. The largest absolute Gasteiger partial charge is 0.465 e. The van der Waals surface area contributed by atoms with Gasteiger partial charge in [-0.1, -0.05) is 12.1 Å². The molecule has 7 nitrogen and oxygen atoms in total. The smallest absolute Gasteiger partial charge is 0.337 e. The van der Waals surface area contributed by atoms with E-state index in [4.69, 9.17) is 4.74 Å². The Hall–Kier alpha value is -3.48. The number of anilines is 2. The van der Waals surface area contributed by atoms with Gasteiger partial charge in [0.25, 0.3) is 0 Å². The summed E-state index contributed by atoms with van der Waals surface area (Å²) in [6, 6.07) is 14.8. The van der Waals surface area contributed by atoms with E-state index in [0.29, 0.717) is 17.0 Å². The van der Waals surface area contributed by atoms with Crippen LogP contribution in [0.15, 0.2) is 48.5 Å². The van der Waals surface area contributed by atoms with E-state index in [1.807, 2.05) is 35.6 Å². The molecule has 0 unspecified atom stereocenters. The maximum absolute atomic E-state index is 11.5. The lowest BCUT2D eigenvalue weighted by molar-refractivity contribution is 0.0601. The highest BCUT2D eigenvalue weighted by Gasteiger charge is 2.13. The van der Waals surface area contributed by atoms with Crippen molar-refractivity contribution < 1.29 is 9.53 Å². The fourth-order valence-corrected chi connectivity index (χ4v) is 2.75. The first-order valence-electron chi connectivity index (χ1n) is 7.73. The van der Waals surface area contributed by atoms with E-state index >= 15 is 0 Å². The highest BCUT2D eigenvalue weighted by atomic mass is 16.5. The van der Waals surface area contributed by atoms with Crippen LogP contribution in [-0.4, -0.2) is 32.7 Å². The molecule has 0 saturated carbocycles. The molecule has 0 radical (unpaired) electrons. The summed E-state index contributed by atoms with van der Waals surface area (Å²) in [5, 5.41) is 11.7. The Balaban J connectivity index is 1.79. The van der Waals surface area contributed by atoms with Crippen molar-refractivity contribution in [3.63, 3.8) is 0 Å². The molecule has 0 saturated heterocycles. The highest BCUT2D eigenvalue weighted by Crippen LogP contribution is 2.24. The molecule has 124 valence electrons. The maximum atomic E-state index is 11.5. The topological polar surface area (TPSA) is 81.4 Å². The SMILES string of the molecule is COC(=O)c1ccc(Nc2nc3ccccc3n3c(C)nnc23)cc1. The van der Waals surface area contributed by atoms with Crippen molar-refractivity contribution >= 4 is 34.2 Å². The maximum Gasteiger partial charge on any atom is 0.337 e. The molecule has 0 spiro atoms. The molecule has 2 heterocycles. The van der Waals surface area contributed by atoms with Gasteiger partial charge in [0.15, 0.2) is 5.82 Å². The molecule has 2 aromatic carbocycles. The van der Waals surface area contributed by atoms with E-state index in [9.17, 15) is 4.79 Å². The molecule has 0 bridgehead atoms. The second-order valence-electron chi connectivity index (χ2n) is 5.55. The number of carbonyl (C=O) groups is 1. The van der Waals surface area contributed by atoms with Crippen molar-refractivity contribution in [3.05, 3.63) is 59.9 Å². The van der Waals surface area contributed by atoms with Gasteiger partial charge in [0.1, 0.15) is 5.82 Å². The lowest BCUT2D eigenvalue weighted by Crippen LogP contribution is -2.03. The quantitative estimate of drug-likeness (QED) is 0.580. The second kappa shape index (κ2) is 5.86. The Morgan fingerprint density at radius 1 is 1.08 bits per heavy atom. The van der Waals surface area contributed by atoms with E-state index in [2.05, 4.69) is 20.5 Å². The summed E-state index contributed by atoms with van der Waals surface area (Å²) in [7, 11) is 1.36. The normalized spacial score (nSPS) is 11.0. The first kappa shape index (κ1) is 15.1. The van der Waals surface area contributed by atoms with E-state index in [1.54, 1.807) is 24.3 Å². The van der Waals surface area contributed by atoms with Gasteiger partial charge in [-0.25, -0.2) is 9.78 Å². The predicted molar refractivity (Wildman–Crippen MR) is 94.1 cm³/mol. The molecule has 1 N–H and O–H groups in total. The number of esters is 1. The van der Waals surface area contributed by atoms with Gasteiger partial charge in [0.05, 0.1) is 23.7 Å². The lowest BCUT2D eigenvalue weighted by Gasteiger charge is -2.10. The van der Waals surface area contributed by atoms with Crippen molar-refractivity contribution in [3.8, 4) is 0 Å². The zero-order valence-electron chi connectivity index (χ0n) is 13.7. The van der Waals surface area contributed by atoms with Crippen LogP contribution in [0.1, 0.15) is 16.2 Å². The molecular weight excluding hydrogens is 318 g/mol. The third kappa shape index (κ3) is 2.55. The van der Waals surface area contributed by atoms with Crippen LogP contribution in [0.5, 0.6) is 0 Å². The van der Waals surface area contributed by atoms with Crippen LogP contribution in [0.4, 0.5) is 11.5 Å². The van der Waals surface area contributed by atoms with Crippen molar-refractivity contribution in [1.29, 1.82) is 0 Å². The summed E-state index contributed by atoms with van der Waals surface area (Å²) in [5.41, 5.74) is 3.72. The monoisotopic (exact) mass is 333 g/mol. The van der Waals surface area contributed by atoms with Crippen LogP contribution in [0.25, 0.3) is 16.7 Å². The number of carbonyl (C=O) groups excluding carboxylic acids is 1. The fourth-order valence-electron chi connectivity index (χ4n) is 2.75. The fraction of sp³-hybridized carbons (Fsp3) is 0.111. The summed E-state index contributed by atoms with van der Waals surface area (Å²) < 4.78 is 6.68. The number of rotatable bonds is 3. The third-order valence-corrected chi connectivity index (χ3v) is 3.96. The van der Waals surface area contributed by atoms with Gasteiger partial charge in [-0.05, 0) is 43.3 Å². The number of fused-ring (bicyclic) bond motifs is 3. The molecule has 4 aromatic rings. The average molecular weight is 333 g/mol. The van der Waals surface area contributed by atoms with E-state index in [1.165, 1.54) is 7.11 Å². The van der Waals surface area contributed by atoms with Crippen LogP contribution < -0.4 is 5.32 Å². The average Bonchev–Trinajstić information content (AvgIpc) is 3.04. The van der Waals surface area contributed by atoms with Crippen molar-refractivity contribution in [2.45, 2.75) is 6.92 Å². The molecule has 0 atom stereocenters. The Bertz CT molecular complexity index is 1090. The second-order valence-corrected chi connectivity index (χ2v) is 5.55. The van der Waals surface area contributed by atoms with Crippen LogP contribution in [0.2, 0.25) is 0 Å². The Kier molecular flexibility index (Phi) is 3.53. The molecule has 0 aliphatic heterocycles. The zero-order valence-corrected chi connectivity index (χ0v) is 13.7. The zero-order chi connectivity index (χ0) is 17.4. The Labute approximate surface area is 143 Å². The van der Waals surface area contributed by atoms with Gasteiger partial charge in [0, 0.05) is 5.69 Å². The molecule has 0 amide bonds. The van der Waals surface area contributed by atoms with Crippen LogP contribution in [0, 0.1) is 6.92 Å². The van der Waals surface area contributed by atoms with Crippen LogP contribution in [-0.2, 0) is 4.74 Å². The van der Waals surface area contributed by atoms with E-state index < -0.39 is 0 Å². The first-order valence-corrected chi connectivity index (χ1v) is 7.73. The van der Waals surface area contributed by atoms with E-state index in [-0.39, 0.29) is 5.97 Å². The number of methoxy groups -OCH3 is 1. The van der Waals surface area contributed by atoms with Crippen molar-refractivity contribution in [2.75, 3.05) is 12.4 Å². The summed E-state index contributed by atoms with van der Waals surface area (Å²) in [6.07, 6.45) is 0. The molecule has 25 heavy (non-hydrogen) atoms. The number of nitrogens with one attached hydrogen (secondary N) is 1. The predicted octanol–water partition coefficient (Wildman–Crippen LogP) is 3.12. The number of para-hydroxylation sites is 2. The van der Waals surface area contributed by atoms with Gasteiger partial charge in [-0.3, -0.25) is 4.40 Å². The molecule has 7 heteroatoms. The number of benzene rings is 2. The number of hydrogen-bond acceptors (Lipinski definition) is 6.